The zero-order valence-corrected chi connectivity index (χ0v) is 20.8. The summed E-state index contributed by atoms with van der Waals surface area (Å²) in [6.07, 6.45) is -5.99. The molecule has 0 spiro atoms. The Morgan fingerprint density at radius 1 is 0.744 bits per heavy atom. The fourth-order valence-electron chi connectivity index (χ4n) is 3.06. The largest absolute Gasteiger partial charge is 0.465 e. The van der Waals surface area contributed by atoms with E-state index < -0.39 is 81.7 Å². The number of hydrogen-bond donors (Lipinski definition) is 1. The highest BCUT2D eigenvalue weighted by Crippen LogP contribution is 2.62. The van der Waals surface area contributed by atoms with E-state index >= 15 is 0 Å². The molecule has 242 valence electrons. The molecule has 22 heteroatoms. The third-order valence-corrected chi connectivity index (χ3v) is 6.41. The van der Waals surface area contributed by atoms with Crippen LogP contribution in [0.15, 0.2) is 29.6 Å². The molecule has 0 aliphatic heterocycles. The Morgan fingerprint density at radius 2 is 1.19 bits per heavy atom. The van der Waals surface area contributed by atoms with Crippen LogP contribution in [-0.4, -0.2) is 66.9 Å². The molecule has 0 atom stereocenters. The van der Waals surface area contributed by atoms with Crippen LogP contribution in [-0.2, 0) is 9.53 Å². The van der Waals surface area contributed by atoms with Gasteiger partial charge in [-0.3, -0.25) is 4.79 Å². The fraction of sp³-hybridized carbons (Fsp3) is 0.429. The molecule has 1 amide bonds. The maximum absolute atomic E-state index is 14.3. The molecule has 43 heavy (non-hydrogen) atoms. The number of halogens is 17. The van der Waals surface area contributed by atoms with Crippen LogP contribution in [0, 0.1) is 5.82 Å². The van der Waals surface area contributed by atoms with Crippen LogP contribution in [0.25, 0.3) is 11.1 Å². The lowest BCUT2D eigenvalue weighted by atomic mass is 9.89. The summed E-state index contributed by atoms with van der Waals surface area (Å²) >= 11 is -0.0139. The second-order valence-corrected chi connectivity index (χ2v) is 9.06. The van der Waals surface area contributed by atoms with Gasteiger partial charge in [0.25, 0.3) is 0 Å². The standard InChI is InChI=1S/C21H10F17NO3S/c1-42-12(40)10-9(7-2-4-8(22)5-3-7)6-43-11(10)39-14(41)16(27,28)18(31,32)20(35,36)21(37,38)19(33,34)17(29,30)15(25,26)13(23)24/h2-6,13H,1H3,(H,39,41). The van der Waals surface area contributed by atoms with E-state index in [-0.39, 0.29) is 16.9 Å². The number of carbonyl (C=O) groups is 2. The topological polar surface area (TPSA) is 55.4 Å². The van der Waals surface area contributed by atoms with E-state index in [1.165, 1.54) is 0 Å². The van der Waals surface area contributed by atoms with Gasteiger partial charge in [-0.05, 0) is 17.7 Å². The first kappa shape index (κ1) is 35.9. The van der Waals surface area contributed by atoms with E-state index in [1.807, 2.05) is 0 Å². The number of rotatable bonds is 11. The van der Waals surface area contributed by atoms with Gasteiger partial charge in [0.05, 0.1) is 7.11 Å². The molecule has 2 rings (SSSR count). The van der Waals surface area contributed by atoms with E-state index in [9.17, 15) is 84.2 Å². The van der Waals surface area contributed by atoms with Crippen molar-refractivity contribution in [3.8, 4) is 11.1 Å². The number of methoxy groups -OCH3 is 1. The first-order chi connectivity index (χ1) is 19.2. The summed E-state index contributed by atoms with van der Waals surface area (Å²) in [5.74, 6) is -63.3. The van der Waals surface area contributed by atoms with Crippen molar-refractivity contribution in [1.29, 1.82) is 0 Å². The number of alkyl halides is 16. The van der Waals surface area contributed by atoms with Gasteiger partial charge in [0.1, 0.15) is 16.4 Å². The molecule has 4 nitrogen and oxygen atoms in total. The van der Waals surface area contributed by atoms with Crippen LogP contribution < -0.4 is 5.32 Å². The molecule has 0 radical (unpaired) electrons. The Morgan fingerprint density at radius 3 is 1.63 bits per heavy atom. The predicted molar refractivity (Wildman–Crippen MR) is 110 cm³/mol. The average molecular weight is 679 g/mol. The molecule has 0 unspecified atom stereocenters. The number of anilines is 1. The summed E-state index contributed by atoms with van der Waals surface area (Å²) in [6.45, 7) is 0. The minimum atomic E-state index is -8.68. The van der Waals surface area contributed by atoms with E-state index in [0.29, 0.717) is 7.11 Å². The molecule has 0 aliphatic rings. The smallest absolute Gasteiger partial charge is 0.393 e. The highest BCUT2D eigenvalue weighted by Gasteiger charge is 2.94. The lowest BCUT2D eigenvalue weighted by Crippen LogP contribution is -2.74. The third-order valence-electron chi connectivity index (χ3n) is 5.51. The van der Waals surface area contributed by atoms with Gasteiger partial charge < -0.3 is 10.1 Å². The van der Waals surface area contributed by atoms with Crippen LogP contribution in [0.1, 0.15) is 10.4 Å². The normalized spacial score (nSPS) is 14.2. The minimum Gasteiger partial charge on any atom is -0.465 e. The van der Waals surface area contributed by atoms with Gasteiger partial charge in [-0.1, -0.05) is 12.1 Å². The number of amides is 1. The maximum atomic E-state index is 14.3. The summed E-state index contributed by atoms with van der Waals surface area (Å²) in [5.41, 5.74) is -1.57. The molecule has 0 saturated carbocycles. The van der Waals surface area contributed by atoms with Gasteiger partial charge in [0, 0.05) is 10.9 Å². The molecular weight excluding hydrogens is 669 g/mol. The summed E-state index contributed by atoms with van der Waals surface area (Å²) in [6, 6.07) is 3.43. The molecule has 2 aromatic rings. The van der Waals surface area contributed by atoms with Crippen LogP contribution in [0.4, 0.5) is 79.6 Å². The number of ether oxygens (including phenoxy) is 1. The quantitative estimate of drug-likeness (QED) is 0.194. The molecule has 0 fully saturated rings. The maximum Gasteiger partial charge on any atom is 0.393 e. The van der Waals surface area contributed by atoms with Crippen molar-refractivity contribution in [2.45, 2.75) is 47.9 Å². The second-order valence-electron chi connectivity index (χ2n) is 8.18. The van der Waals surface area contributed by atoms with Crippen molar-refractivity contribution in [1.82, 2.24) is 0 Å². The van der Waals surface area contributed by atoms with Crippen molar-refractivity contribution in [2.75, 3.05) is 12.4 Å². The van der Waals surface area contributed by atoms with Crippen LogP contribution >= 0.6 is 11.3 Å². The molecule has 0 saturated heterocycles. The monoisotopic (exact) mass is 679 g/mol. The molecule has 1 N–H and O–H groups in total. The van der Waals surface area contributed by atoms with Crippen LogP contribution in [0.5, 0.6) is 0 Å². The van der Waals surface area contributed by atoms with E-state index in [0.717, 1.165) is 35.0 Å². The number of hydrogen-bond acceptors (Lipinski definition) is 4. The van der Waals surface area contributed by atoms with Crippen molar-refractivity contribution >= 4 is 28.2 Å². The molecule has 0 aliphatic carbocycles. The van der Waals surface area contributed by atoms with Gasteiger partial charge in [0.15, 0.2) is 0 Å². The first-order valence-electron chi connectivity index (χ1n) is 10.4. The van der Waals surface area contributed by atoms with Gasteiger partial charge in [-0.2, -0.15) is 61.5 Å². The Labute approximate surface area is 230 Å². The zero-order valence-electron chi connectivity index (χ0n) is 20.0. The first-order valence-corrected chi connectivity index (χ1v) is 11.3. The Kier molecular flexibility index (Phi) is 9.16. The number of thiophene rings is 1. The summed E-state index contributed by atoms with van der Waals surface area (Å²) in [4.78, 5) is 24.1. The Balaban J connectivity index is 2.59. The van der Waals surface area contributed by atoms with Gasteiger partial charge in [-0.15, -0.1) is 11.3 Å². The molecular formula is C21H10F17NO3S. The van der Waals surface area contributed by atoms with Crippen molar-refractivity contribution in [3.63, 3.8) is 0 Å². The number of nitrogens with one attached hydrogen (secondary N) is 1. The Hall–Kier alpha value is -3.33. The van der Waals surface area contributed by atoms with Crippen molar-refractivity contribution in [2.24, 2.45) is 0 Å². The van der Waals surface area contributed by atoms with E-state index in [4.69, 9.17) is 0 Å². The number of benzene rings is 1. The molecule has 0 bridgehead atoms. The third kappa shape index (κ3) is 5.23. The van der Waals surface area contributed by atoms with Crippen LogP contribution in [0.3, 0.4) is 0 Å². The fourth-order valence-corrected chi connectivity index (χ4v) is 4.01. The Bertz CT molecular complexity index is 1360. The molecule has 1 aromatic carbocycles. The van der Waals surface area contributed by atoms with E-state index in [1.54, 1.807) is 0 Å². The molecule has 1 heterocycles. The predicted octanol–water partition coefficient (Wildman–Crippen LogP) is 7.99. The lowest BCUT2D eigenvalue weighted by Gasteiger charge is -2.42. The van der Waals surface area contributed by atoms with Gasteiger partial charge in [-0.25, -0.2) is 18.0 Å². The van der Waals surface area contributed by atoms with Gasteiger partial charge in [0.2, 0.25) is 0 Å². The summed E-state index contributed by atoms with van der Waals surface area (Å²) in [7, 11) is 0.638. The SMILES string of the molecule is COC(=O)c1c(-c2ccc(F)cc2)csc1NC(=O)C(F)(F)C(F)(F)C(F)(F)C(F)(F)C(F)(F)C(F)(F)C(F)(F)C(F)F. The molecule has 1 aromatic heterocycles. The zero-order chi connectivity index (χ0) is 33.8. The van der Waals surface area contributed by atoms with Crippen LogP contribution in [0.2, 0.25) is 0 Å². The highest BCUT2D eigenvalue weighted by molar-refractivity contribution is 7.15. The van der Waals surface area contributed by atoms with Crippen molar-refractivity contribution < 1.29 is 89.0 Å². The minimum absolute atomic E-state index is 0.0139. The number of carbonyl (C=O) groups excluding carboxylic acids is 2. The number of esters is 1. The lowest BCUT2D eigenvalue weighted by molar-refractivity contribution is -0.443. The summed E-state index contributed by atoms with van der Waals surface area (Å²) in [5, 5.41) is 0.270. The highest BCUT2D eigenvalue weighted by atomic mass is 32.1. The van der Waals surface area contributed by atoms with Gasteiger partial charge >= 0.3 is 59.8 Å². The van der Waals surface area contributed by atoms with Crippen molar-refractivity contribution in [3.05, 3.63) is 41.0 Å². The summed E-state index contributed by atoms with van der Waals surface area (Å²) < 4.78 is 234. The average Bonchev–Trinajstić information content (AvgIpc) is 3.30. The van der Waals surface area contributed by atoms with E-state index in [2.05, 4.69) is 4.74 Å². The second kappa shape index (κ2) is 11.0.